The highest BCUT2D eigenvalue weighted by molar-refractivity contribution is 7.80. The summed E-state index contributed by atoms with van der Waals surface area (Å²) in [5.74, 6) is 0.742. The summed E-state index contributed by atoms with van der Waals surface area (Å²) in [6, 6.07) is 7.99. The van der Waals surface area contributed by atoms with Gasteiger partial charge in [-0.15, -0.1) is 0 Å². The van der Waals surface area contributed by atoms with Crippen LogP contribution in [0, 0.1) is 0 Å². The number of ether oxygens (including phenoxy) is 2. The Labute approximate surface area is 216 Å². The number of methoxy groups -OCH3 is 2. The predicted octanol–water partition coefficient (Wildman–Crippen LogP) is 3.43. The van der Waals surface area contributed by atoms with Crippen molar-refractivity contribution in [2.75, 3.05) is 32.2 Å². The van der Waals surface area contributed by atoms with Gasteiger partial charge in [0, 0.05) is 13.1 Å². The molecule has 8 nitrogen and oxygen atoms in total. The van der Waals surface area contributed by atoms with Crippen LogP contribution in [0.25, 0.3) is 0 Å². The van der Waals surface area contributed by atoms with Crippen LogP contribution in [0.3, 0.4) is 0 Å². The fourth-order valence-electron chi connectivity index (χ4n) is 5.40. The number of thiocarbonyl (C=S) groups is 1. The molecule has 1 N–H and O–H groups in total. The van der Waals surface area contributed by atoms with Gasteiger partial charge < -0.3 is 24.6 Å². The van der Waals surface area contributed by atoms with Crippen molar-refractivity contribution in [3.05, 3.63) is 53.6 Å². The highest BCUT2D eigenvalue weighted by Gasteiger charge is 2.62. The molecule has 0 radical (unpaired) electrons. The van der Waals surface area contributed by atoms with E-state index >= 15 is 0 Å². The lowest BCUT2D eigenvalue weighted by Crippen LogP contribution is -2.57. The summed E-state index contributed by atoms with van der Waals surface area (Å²) in [6.45, 7) is 0.999. The van der Waals surface area contributed by atoms with E-state index in [1.54, 1.807) is 14.2 Å². The molecule has 2 unspecified atom stereocenters. The van der Waals surface area contributed by atoms with Crippen molar-refractivity contribution in [3.63, 3.8) is 0 Å². The lowest BCUT2D eigenvalue weighted by atomic mass is 10.1. The fourth-order valence-corrected chi connectivity index (χ4v) is 5.71. The van der Waals surface area contributed by atoms with E-state index in [4.69, 9.17) is 21.7 Å². The third kappa shape index (κ3) is 4.32. The minimum Gasteiger partial charge on any atom is -0.493 e. The number of halogens is 3. The Bertz CT molecular complexity index is 1260. The van der Waals surface area contributed by atoms with E-state index in [1.807, 2.05) is 23.1 Å². The minimum absolute atomic E-state index is 0.0826. The molecule has 3 saturated heterocycles. The Hall–Kier alpha value is -3.54. The summed E-state index contributed by atoms with van der Waals surface area (Å²) < 4.78 is 50.2. The summed E-state index contributed by atoms with van der Waals surface area (Å²) >= 11 is 5.61. The number of piperazine rings is 1. The fraction of sp³-hybridized carbons (Fsp3) is 0.400. The number of likely N-dealkylation sites (tertiary alicyclic amines) is 1. The van der Waals surface area contributed by atoms with Crippen LogP contribution < -0.4 is 19.7 Å². The third-order valence-corrected chi connectivity index (χ3v) is 7.47. The quantitative estimate of drug-likeness (QED) is 0.450. The highest BCUT2D eigenvalue weighted by atomic mass is 32.1. The van der Waals surface area contributed by atoms with Crippen LogP contribution in [-0.2, 0) is 17.4 Å². The zero-order valence-corrected chi connectivity index (χ0v) is 20.9. The first-order valence-electron chi connectivity index (χ1n) is 11.7. The molecule has 12 heteroatoms. The molecule has 0 aliphatic carbocycles. The number of urea groups is 1. The second kappa shape index (κ2) is 9.40. The van der Waals surface area contributed by atoms with Crippen LogP contribution in [0.1, 0.15) is 17.5 Å². The summed E-state index contributed by atoms with van der Waals surface area (Å²) in [4.78, 5) is 30.7. The Kier molecular flexibility index (Phi) is 6.38. The zero-order valence-electron chi connectivity index (χ0n) is 20.1. The number of carbonyl (C=O) groups excluding carboxylic acids is 2. The van der Waals surface area contributed by atoms with Crippen LogP contribution >= 0.6 is 12.2 Å². The highest BCUT2D eigenvalue weighted by Crippen LogP contribution is 2.43. The minimum atomic E-state index is -4.58. The van der Waals surface area contributed by atoms with Gasteiger partial charge in [0.2, 0.25) is 0 Å². The van der Waals surface area contributed by atoms with E-state index in [1.165, 1.54) is 17.0 Å². The molecule has 196 valence electrons. The number of alkyl halides is 3. The largest absolute Gasteiger partial charge is 0.493 e. The Balaban J connectivity index is 1.25. The van der Waals surface area contributed by atoms with Gasteiger partial charge in [0.05, 0.1) is 37.6 Å². The van der Waals surface area contributed by atoms with Crippen molar-refractivity contribution in [1.82, 2.24) is 15.1 Å². The molecule has 3 atom stereocenters. The number of hydrogen-bond donors (Lipinski definition) is 1. The van der Waals surface area contributed by atoms with Crippen molar-refractivity contribution < 1.29 is 32.2 Å². The topological polar surface area (TPSA) is 74.4 Å². The molecule has 3 heterocycles. The zero-order chi connectivity index (χ0) is 26.5. The first-order chi connectivity index (χ1) is 17.6. The molecular weight excluding hydrogens is 509 g/mol. The van der Waals surface area contributed by atoms with Crippen LogP contribution in [0.15, 0.2) is 42.5 Å². The molecule has 0 aromatic heterocycles. The average Bonchev–Trinajstić information content (AvgIpc) is 3.54. The molecular formula is C25H25F3N4O4S. The predicted molar refractivity (Wildman–Crippen MR) is 133 cm³/mol. The van der Waals surface area contributed by atoms with Crippen molar-refractivity contribution in [3.8, 4) is 11.5 Å². The van der Waals surface area contributed by atoms with Crippen LogP contribution in [0.4, 0.5) is 23.7 Å². The number of fused-ring (bicyclic) bond motifs is 5. The monoisotopic (exact) mass is 534 g/mol. The van der Waals surface area contributed by atoms with Gasteiger partial charge in [-0.1, -0.05) is 12.1 Å². The first-order valence-corrected chi connectivity index (χ1v) is 12.1. The van der Waals surface area contributed by atoms with Gasteiger partial charge in [0.1, 0.15) is 6.04 Å². The number of nitrogens with one attached hydrogen (secondary N) is 1. The number of rotatable bonds is 6. The first kappa shape index (κ1) is 25.1. The molecule has 3 aliphatic heterocycles. The summed E-state index contributed by atoms with van der Waals surface area (Å²) in [5.41, 5.74) is 0.0262. The third-order valence-electron chi connectivity index (χ3n) is 7.09. The number of amides is 3. The lowest BCUT2D eigenvalue weighted by Gasteiger charge is -2.36. The van der Waals surface area contributed by atoms with Gasteiger partial charge in [0.25, 0.3) is 5.91 Å². The molecule has 2 aromatic carbocycles. The maximum absolute atomic E-state index is 13.3. The number of nitrogens with zero attached hydrogens (tertiary/aromatic N) is 3. The maximum atomic E-state index is 13.3. The lowest BCUT2D eigenvalue weighted by molar-refractivity contribution is -0.137. The van der Waals surface area contributed by atoms with Crippen molar-refractivity contribution in [2.24, 2.45) is 0 Å². The van der Waals surface area contributed by atoms with Crippen molar-refractivity contribution in [1.29, 1.82) is 0 Å². The van der Waals surface area contributed by atoms with E-state index in [0.717, 1.165) is 22.6 Å². The van der Waals surface area contributed by atoms with Gasteiger partial charge in [-0.05, 0) is 61.0 Å². The number of carbonyl (C=O) groups is 2. The van der Waals surface area contributed by atoms with Crippen LogP contribution in [0.5, 0.6) is 11.5 Å². The SMILES string of the molecule is COc1ccc(CCNC(=S)N2CC3CC2[C@@H]2C(=O)N(c4cccc(C(F)(F)F)c4)C(=O)N32)cc1OC. The summed E-state index contributed by atoms with van der Waals surface area (Å²) in [7, 11) is 3.15. The molecule has 3 aliphatic rings. The van der Waals surface area contributed by atoms with Gasteiger partial charge in [-0.2, -0.15) is 13.2 Å². The molecule has 0 saturated carbocycles. The molecule has 3 amide bonds. The molecule has 0 spiro atoms. The summed E-state index contributed by atoms with van der Waals surface area (Å²) in [6.07, 6.45) is -3.34. The normalized spacial score (nSPS) is 22.5. The Morgan fingerprint density at radius 2 is 1.86 bits per heavy atom. The van der Waals surface area contributed by atoms with E-state index in [-0.39, 0.29) is 17.8 Å². The second-order valence-corrected chi connectivity index (χ2v) is 9.52. The smallest absolute Gasteiger partial charge is 0.416 e. The van der Waals surface area contributed by atoms with E-state index in [2.05, 4.69) is 5.32 Å². The molecule has 2 aromatic rings. The standard InChI is InChI=1S/C25H25F3N4O4S/c1-35-19-7-6-14(10-20(19)36-2)8-9-29-23(37)30-13-17-12-18(30)21-22(33)32(24(34)31(17)21)16-5-3-4-15(11-16)25(26,27)28/h3-7,10-11,17-18,21H,8-9,12-13H2,1-2H3,(H,29,37)/t17?,18?,21-/m1/s1. The Morgan fingerprint density at radius 1 is 1.11 bits per heavy atom. The van der Waals surface area contributed by atoms with E-state index in [9.17, 15) is 22.8 Å². The number of benzene rings is 2. The van der Waals surface area contributed by atoms with Crippen LogP contribution in [-0.4, -0.2) is 72.3 Å². The molecule has 37 heavy (non-hydrogen) atoms. The maximum Gasteiger partial charge on any atom is 0.416 e. The summed E-state index contributed by atoms with van der Waals surface area (Å²) in [5, 5.41) is 3.71. The number of hydrogen-bond acceptors (Lipinski definition) is 5. The molecule has 2 bridgehead atoms. The van der Waals surface area contributed by atoms with Gasteiger partial charge >= 0.3 is 12.2 Å². The van der Waals surface area contributed by atoms with E-state index in [0.29, 0.717) is 42.5 Å². The van der Waals surface area contributed by atoms with E-state index < -0.39 is 29.7 Å². The van der Waals surface area contributed by atoms with Gasteiger partial charge in [-0.3, -0.25) is 4.79 Å². The van der Waals surface area contributed by atoms with Gasteiger partial charge in [-0.25, -0.2) is 9.69 Å². The number of imide groups is 1. The van der Waals surface area contributed by atoms with Crippen LogP contribution in [0.2, 0.25) is 0 Å². The van der Waals surface area contributed by atoms with Crippen molar-refractivity contribution in [2.45, 2.75) is 37.1 Å². The molecule has 5 rings (SSSR count). The molecule has 3 fully saturated rings. The second-order valence-electron chi connectivity index (χ2n) is 9.14. The average molecular weight is 535 g/mol. The van der Waals surface area contributed by atoms with Gasteiger partial charge in [0.15, 0.2) is 16.6 Å². The van der Waals surface area contributed by atoms with Crippen molar-refractivity contribution >= 4 is 35.0 Å². The number of anilines is 1. The Morgan fingerprint density at radius 3 is 2.57 bits per heavy atom.